The quantitative estimate of drug-likeness (QED) is 0.168. The molecule has 284 valence electrons. The lowest BCUT2D eigenvalue weighted by atomic mass is 9.82. The lowest BCUT2D eigenvalue weighted by Gasteiger charge is -2.28. The third-order valence-electron chi connectivity index (χ3n) is 12.1. The molecule has 0 bridgehead atoms. The fraction of sp³-hybridized carbons (Fsp3) is 0.0526. The van der Waals surface area contributed by atoms with E-state index in [2.05, 4.69) is 79.4 Å². The van der Waals surface area contributed by atoms with Crippen LogP contribution in [0.2, 0.25) is 0 Å². The highest BCUT2D eigenvalue weighted by Crippen LogP contribution is 2.54. The Morgan fingerprint density at radius 2 is 1.12 bits per heavy atom. The third kappa shape index (κ3) is 5.22. The number of fused-ring (bicyclic) bond motifs is 9. The summed E-state index contributed by atoms with van der Waals surface area (Å²) in [5.41, 5.74) is 11.6. The van der Waals surface area contributed by atoms with Gasteiger partial charge in [0.15, 0.2) is 0 Å². The van der Waals surface area contributed by atoms with Crippen molar-refractivity contribution >= 4 is 60.9 Å². The normalized spacial score (nSPS) is 15.3. The minimum atomic E-state index is -0.473. The van der Waals surface area contributed by atoms with E-state index in [9.17, 15) is 0 Å². The summed E-state index contributed by atoms with van der Waals surface area (Å²) in [5.74, 6) is 0. The van der Waals surface area contributed by atoms with E-state index >= 15 is 0 Å². The maximum absolute atomic E-state index is 8.98. The molecule has 60 heavy (non-hydrogen) atoms. The molecule has 0 amide bonds. The average Bonchev–Trinajstić information content (AvgIpc) is 4.02. The maximum Gasteiger partial charge on any atom is 0.143 e. The van der Waals surface area contributed by atoms with Crippen LogP contribution in [0.1, 0.15) is 38.7 Å². The fourth-order valence-corrected chi connectivity index (χ4v) is 9.26. The fourth-order valence-electron chi connectivity index (χ4n) is 9.26. The first kappa shape index (κ1) is 25.7. The number of anilines is 3. The minimum absolute atomic E-state index is 0.128. The van der Waals surface area contributed by atoms with E-state index in [-0.39, 0.29) is 59.5 Å². The molecule has 3 heteroatoms. The van der Waals surface area contributed by atoms with Crippen LogP contribution >= 0.6 is 0 Å². The first-order valence-electron chi connectivity index (χ1n) is 24.8. The number of hydrogen-bond acceptors (Lipinski definition) is 3. The van der Waals surface area contributed by atoms with Gasteiger partial charge in [0, 0.05) is 38.5 Å². The summed E-state index contributed by atoms with van der Waals surface area (Å²) in [6, 6.07) is 42.2. The Labute approximate surface area is 362 Å². The first-order chi connectivity index (χ1) is 33.6. The average molecular weight is 780 g/mol. The van der Waals surface area contributed by atoms with Gasteiger partial charge in [0.1, 0.15) is 22.3 Å². The number of benzene rings is 9. The van der Waals surface area contributed by atoms with Crippen LogP contribution in [-0.2, 0) is 5.41 Å². The van der Waals surface area contributed by atoms with E-state index in [0.29, 0.717) is 22.3 Å². The third-order valence-corrected chi connectivity index (χ3v) is 12.1. The molecule has 3 nitrogen and oxygen atoms in total. The second-order valence-electron chi connectivity index (χ2n) is 15.7. The molecular formula is C57H39NO2. The zero-order valence-electron chi connectivity index (χ0n) is 42.5. The molecule has 2 aromatic heterocycles. The summed E-state index contributed by atoms with van der Waals surface area (Å²) in [6.45, 7) is 4.31. The number of hydrogen-bond donors (Lipinski definition) is 0. The van der Waals surface area contributed by atoms with Gasteiger partial charge in [-0.15, -0.1) is 0 Å². The lowest BCUT2D eigenvalue weighted by Crippen LogP contribution is -2.15. The van der Waals surface area contributed by atoms with E-state index < -0.39 is 17.5 Å². The highest BCUT2D eigenvalue weighted by atomic mass is 16.3. The highest BCUT2D eigenvalue weighted by Gasteiger charge is 2.37. The van der Waals surface area contributed by atoms with Crippen LogP contribution < -0.4 is 4.90 Å². The van der Waals surface area contributed by atoms with E-state index in [0.717, 1.165) is 83.2 Å². The largest absolute Gasteiger partial charge is 0.456 e. The van der Waals surface area contributed by atoms with Crippen LogP contribution in [0.15, 0.2) is 209 Å². The van der Waals surface area contributed by atoms with Crippen molar-refractivity contribution in [2.45, 2.75) is 19.3 Å². The molecule has 9 aromatic carbocycles. The van der Waals surface area contributed by atoms with E-state index in [1.54, 1.807) is 12.1 Å². The van der Waals surface area contributed by atoms with E-state index in [1.165, 1.54) is 0 Å². The summed E-state index contributed by atoms with van der Waals surface area (Å²) in [5, 5.41) is 3.45. The van der Waals surface area contributed by atoms with Crippen LogP contribution in [0.5, 0.6) is 0 Å². The molecule has 0 atom stereocenters. The Bertz CT molecular complexity index is 4000. The Kier molecular flexibility index (Phi) is 5.65. The molecule has 0 unspecified atom stereocenters. The van der Waals surface area contributed by atoms with Gasteiger partial charge in [-0.3, -0.25) is 0 Å². The molecule has 1 aliphatic rings. The molecule has 0 aliphatic heterocycles. The second kappa shape index (κ2) is 13.2. The maximum atomic E-state index is 8.98. The second-order valence-corrected chi connectivity index (χ2v) is 15.7. The Morgan fingerprint density at radius 3 is 1.95 bits per heavy atom. The topological polar surface area (TPSA) is 29.5 Å². The zero-order valence-corrected chi connectivity index (χ0v) is 32.5. The molecule has 0 spiro atoms. The van der Waals surface area contributed by atoms with Crippen molar-refractivity contribution in [3.05, 3.63) is 211 Å². The van der Waals surface area contributed by atoms with Crippen molar-refractivity contribution in [2.75, 3.05) is 4.90 Å². The summed E-state index contributed by atoms with van der Waals surface area (Å²) < 4.78 is 98.1. The number of furan rings is 2. The smallest absolute Gasteiger partial charge is 0.143 e. The highest BCUT2D eigenvalue weighted by molar-refractivity contribution is 6.14. The molecule has 12 rings (SSSR count). The van der Waals surface area contributed by atoms with Crippen molar-refractivity contribution in [2.24, 2.45) is 0 Å². The van der Waals surface area contributed by atoms with Gasteiger partial charge in [-0.1, -0.05) is 159 Å². The van der Waals surface area contributed by atoms with Crippen LogP contribution in [-0.4, -0.2) is 0 Å². The molecule has 2 heterocycles. The van der Waals surface area contributed by atoms with Gasteiger partial charge in [0.05, 0.1) is 24.8 Å². The van der Waals surface area contributed by atoms with E-state index in [1.807, 2.05) is 66.7 Å². The van der Waals surface area contributed by atoms with Crippen molar-refractivity contribution < 1.29 is 22.5 Å². The summed E-state index contributed by atoms with van der Waals surface area (Å²) in [6.07, 6.45) is 0. The Balaban J connectivity index is 1.03. The summed E-state index contributed by atoms with van der Waals surface area (Å²) in [4.78, 5) is 2.20. The van der Waals surface area contributed by atoms with Crippen LogP contribution in [0, 0.1) is 0 Å². The molecule has 0 radical (unpaired) electrons. The Morgan fingerprint density at radius 1 is 0.450 bits per heavy atom. The summed E-state index contributed by atoms with van der Waals surface area (Å²) >= 11 is 0. The molecular weight excluding hydrogens is 731 g/mol. The van der Waals surface area contributed by atoms with Crippen LogP contribution in [0.4, 0.5) is 17.1 Å². The van der Waals surface area contributed by atoms with Gasteiger partial charge in [0.25, 0.3) is 0 Å². The molecule has 0 saturated heterocycles. The zero-order chi connectivity index (χ0) is 48.7. The number of para-hydroxylation sites is 2. The first-order valence-corrected chi connectivity index (χ1v) is 19.8. The van der Waals surface area contributed by atoms with Gasteiger partial charge in [0.2, 0.25) is 0 Å². The van der Waals surface area contributed by atoms with Crippen molar-refractivity contribution in [3.8, 4) is 44.5 Å². The molecule has 0 saturated carbocycles. The van der Waals surface area contributed by atoms with Crippen LogP contribution in [0.25, 0.3) is 88.4 Å². The standard InChI is InChI=1S/C57H39NO2/c1-57(2)48-32-31-41(35-47(48)54-42(19-12-22-49(54)57)37-16-7-4-8-17-37)58(50-23-13-25-53-55(50)45-18-9-10-24-51(45)59-53)40-29-26-38(27-30-40)43-20-11-21-44-46-34-39(36-14-5-3-6-15-36)28-33-52(46)60-56(43)44/h3-35H,1-2H3/i3D,4D,5D,6D,7D,8D,14D,15D,16D,17D. The summed E-state index contributed by atoms with van der Waals surface area (Å²) in [7, 11) is 0. The SMILES string of the molecule is [2H]c1c([2H])c([2H])c(-c2ccc3oc4c(-c5ccc(N(c6ccc7c(c6)-c6c(-c8c([2H])c([2H])c([2H])c([2H])c8[2H])cccc6C7(C)C)c6cccc7oc8ccccc8c67)cc5)cccc4c3c2)c([2H])c1[2H]. The van der Waals surface area contributed by atoms with Gasteiger partial charge < -0.3 is 13.7 Å². The predicted octanol–water partition coefficient (Wildman–Crippen LogP) is 16.3. The molecule has 0 fully saturated rings. The molecule has 11 aromatic rings. The Hall–Kier alpha value is -7.62. The van der Waals surface area contributed by atoms with Crippen molar-refractivity contribution in [1.82, 2.24) is 0 Å². The minimum Gasteiger partial charge on any atom is -0.456 e. The van der Waals surface area contributed by atoms with Gasteiger partial charge >= 0.3 is 0 Å². The van der Waals surface area contributed by atoms with E-state index in [4.69, 9.17) is 22.5 Å². The molecule has 1 aliphatic carbocycles. The van der Waals surface area contributed by atoms with Crippen molar-refractivity contribution in [3.63, 3.8) is 0 Å². The van der Waals surface area contributed by atoms with Gasteiger partial charge in [-0.2, -0.15) is 0 Å². The van der Waals surface area contributed by atoms with Crippen LogP contribution in [0.3, 0.4) is 0 Å². The number of nitrogens with zero attached hydrogens (tertiary/aromatic N) is 1. The van der Waals surface area contributed by atoms with Gasteiger partial charge in [-0.05, 0) is 105 Å². The monoisotopic (exact) mass is 779 g/mol. The number of rotatable bonds is 6. The van der Waals surface area contributed by atoms with Gasteiger partial charge in [-0.25, -0.2) is 0 Å². The molecule has 0 N–H and O–H groups in total. The van der Waals surface area contributed by atoms with Crippen molar-refractivity contribution in [1.29, 1.82) is 0 Å². The lowest BCUT2D eigenvalue weighted by molar-refractivity contribution is 0.660. The predicted molar refractivity (Wildman–Crippen MR) is 250 cm³/mol.